The summed E-state index contributed by atoms with van der Waals surface area (Å²) in [7, 11) is 1.73. The second kappa shape index (κ2) is 8.20. The summed E-state index contributed by atoms with van der Waals surface area (Å²) in [4.78, 5) is 0. The van der Waals surface area contributed by atoms with Gasteiger partial charge in [-0.25, -0.2) is 0 Å². The van der Waals surface area contributed by atoms with Crippen molar-refractivity contribution in [3.63, 3.8) is 0 Å². The highest BCUT2D eigenvalue weighted by Gasteiger charge is 2.25. The van der Waals surface area contributed by atoms with E-state index in [0.29, 0.717) is 0 Å². The Kier molecular flexibility index (Phi) is 5.46. The van der Waals surface area contributed by atoms with E-state index in [1.165, 1.54) is 33.4 Å². The summed E-state index contributed by atoms with van der Waals surface area (Å²) in [6.07, 6.45) is 0. The second-order valence-corrected chi connectivity index (χ2v) is 8.30. The Bertz CT molecular complexity index is 1140. The lowest BCUT2D eigenvalue weighted by Crippen LogP contribution is -2.19. The summed E-state index contributed by atoms with van der Waals surface area (Å²) >= 11 is 0. The lowest BCUT2D eigenvalue weighted by molar-refractivity contribution is 0.416. The first kappa shape index (κ1) is 20.0. The van der Waals surface area contributed by atoms with Crippen molar-refractivity contribution < 1.29 is 4.74 Å². The van der Waals surface area contributed by atoms with Crippen molar-refractivity contribution in [2.24, 2.45) is 0 Å². The van der Waals surface area contributed by atoms with Gasteiger partial charge in [-0.1, -0.05) is 98.8 Å². The minimum absolute atomic E-state index is 0.146. The van der Waals surface area contributed by atoms with Crippen LogP contribution in [0.4, 0.5) is 0 Å². The highest BCUT2D eigenvalue weighted by atomic mass is 16.5. The minimum Gasteiger partial charge on any atom is -0.496 e. The number of benzene rings is 4. The standard InChI is InChI=1S/C29H28O/c1-21-15-16-24(19-26(21)22-11-7-5-8-12-22)29(2,3)25-17-18-28(30-4)27(20-25)23-13-9-6-10-14-23/h5-20H,1-4H3. The average molecular weight is 393 g/mol. The Labute approximate surface area is 180 Å². The summed E-state index contributed by atoms with van der Waals surface area (Å²) < 4.78 is 5.67. The van der Waals surface area contributed by atoms with Gasteiger partial charge >= 0.3 is 0 Å². The van der Waals surface area contributed by atoms with Crippen molar-refractivity contribution in [1.82, 2.24) is 0 Å². The van der Waals surface area contributed by atoms with Crippen LogP contribution in [0.25, 0.3) is 22.3 Å². The van der Waals surface area contributed by atoms with Crippen LogP contribution < -0.4 is 4.74 Å². The van der Waals surface area contributed by atoms with Gasteiger partial charge in [-0.2, -0.15) is 0 Å². The second-order valence-electron chi connectivity index (χ2n) is 8.30. The fourth-order valence-electron chi connectivity index (χ4n) is 4.05. The first-order chi connectivity index (χ1) is 14.5. The fourth-order valence-corrected chi connectivity index (χ4v) is 4.05. The van der Waals surface area contributed by atoms with Crippen LogP contribution in [0.3, 0.4) is 0 Å². The maximum Gasteiger partial charge on any atom is 0.126 e. The van der Waals surface area contributed by atoms with E-state index < -0.39 is 0 Å². The van der Waals surface area contributed by atoms with E-state index in [4.69, 9.17) is 4.74 Å². The largest absolute Gasteiger partial charge is 0.496 e. The third kappa shape index (κ3) is 3.76. The van der Waals surface area contributed by atoms with Crippen LogP contribution in [-0.4, -0.2) is 7.11 Å². The molecule has 0 N–H and O–H groups in total. The summed E-state index contributed by atoms with van der Waals surface area (Å²) in [5.41, 5.74) is 8.56. The summed E-state index contributed by atoms with van der Waals surface area (Å²) in [5.74, 6) is 0.898. The molecule has 4 rings (SSSR count). The van der Waals surface area contributed by atoms with Gasteiger partial charge < -0.3 is 4.74 Å². The van der Waals surface area contributed by atoms with E-state index in [1.54, 1.807) is 7.11 Å². The number of methoxy groups -OCH3 is 1. The zero-order valence-corrected chi connectivity index (χ0v) is 18.1. The lowest BCUT2D eigenvalue weighted by Gasteiger charge is -2.28. The zero-order chi connectivity index (χ0) is 21.1. The van der Waals surface area contributed by atoms with Crippen molar-refractivity contribution in [3.8, 4) is 28.0 Å². The molecule has 1 nitrogen and oxygen atoms in total. The monoisotopic (exact) mass is 392 g/mol. The van der Waals surface area contributed by atoms with Gasteiger partial charge in [0.2, 0.25) is 0 Å². The SMILES string of the molecule is COc1ccc(C(C)(C)c2ccc(C)c(-c3ccccc3)c2)cc1-c1ccccc1. The molecule has 0 radical (unpaired) electrons. The molecule has 0 aliphatic heterocycles. The Hall–Kier alpha value is -3.32. The molecule has 0 aliphatic rings. The molecule has 1 heteroatoms. The number of ether oxygens (including phenoxy) is 1. The number of hydrogen-bond acceptors (Lipinski definition) is 1. The Morgan fingerprint density at radius 1 is 0.600 bits per heavy atom. The summed E-state index contributed by atoms with van der Waals surface area (Å²) in [6, 6.07) is 34.5. The molecule has 0 bridgehead atoms. The van der Waals surface area contributed by atoms with Gasteiger partial charge in [-0.15, -0.1) is 0 Å². The van der Waals surface area contributed by atoms with Gasteiger partial charge in [0.15, 0.2) is 0 Å². The summed E-state index contributed by atoms with van der Waals surface area (Å²) in [5, 5.41) is 0. The van der Waals surface area contributed by atoms with Gasteiger partial charge in [-0.3, -0.25) is 0 Å². The van der Waals surface area contributed by atoms with E-state index in [2.05, 4.69) is 112 Å². The minimum atomic E-state index is -0.146. The van der Waals surface area contributed by atoms with Gasteiger partial charge in [-0.05, 0) is 52.4 Å². The van der Waals surface area contributed by atoms with Crippen LogP contribution in [0.1, 0.15) is 30.5 Å². The van der Waals surface area contributed by atoms with Crippen LogP contribution in [0, 0.1) is 6.92 Å². The molecule has 0 heterocycles. The van der Waals surface area contributed by atoms with Crippen LogP contribution >= 0.6 is 0 Å². The highest BCUT2D eigenvalue weighted by Crippen LogP contribution is 2.39. The summed E-state index contributed by atoms with van der Waals surface area (Å²) in [6.45, 7) is 6.77. The molecular formula is C29H28O. The van der Waals surface area contributed by atoms with E-state index in [1.807, 2.05) is 6.07 Å². The molecule has 0 aliphatic carbocycles. The van der Waals surface area contributed by atoms with E-state index in [-0.39, 0.29) is 5.41 Å². The van der Waals surface area contributed by atoms with Crippen LogP contribution in [0.2, 0.25) is 0 Å². The van der Waals surface area contributed by atoms with Gasteiger partial charge in [0.05, 0.1) is 7.11 Å². The van der Waals surface area contributed by atoms with E-state index >= 15 is 0 Å². The highest BCUT2D eigenvalue weighted by molar-refractivity contribution is 5.72. The smallest absolute Gasteiger partial charge is 0.126 e. The number of hydrogen-bond donors (Lipinski definition) is 0. The molecule has 0 saturated heterocycles. The average Bonchev–Trinajstić information content (AvgIpc) is 2.80. The molecule has 0 aromatic heterocycles. The van der Waals surface area contributed by atoms with Gasteiger partial charge in [0, 0.05) is 11.0 Å². The maximum absolute atomic E-state index is 5.67. The molecule has 0 amide bonds. The quantitative estimate of drug-likeness (QED) is 0.339. The van der Waals surface area contributed by atoms with Crippen molar-refractivity contribution in [3.05, 3.63) is 114 Å². The Morgan fingerprint density at radius 3 is 1.67 bits per heavy atom. The van der Waals surface area contributed by atoms with Crippen molar-refractivity contribution >= 4 is 0 Å². The third-order valence-corrected chi connectivity index (χ3v) is 6.05. The molecule has 0 saturated carbocycles. The molecule has 30 heavy (non-hydrogen) atoms. The molecule has 4 aromatic carbocycles. The Balaban J connectivity index is 1.81. The molecule has 4 aromatic rings. The normalized spacial score (nSPS) is 11.3. The van der Waals surface area contributed by atoms with Crippen molar-refractivity contribution in [1.29, 1.82) is 0 Å². The van der Waals surface area contributed by atoms with Crippen LogP contribution in [0.5, 0.6) is 5.75 Å². The molecule has 0 atom stereocenters. The third-order valence-electron chi connectivity index (χ3n) is 6.05. The molecule has 0 spiro atoms. The first-order valence-electron chi connectivity index (χ1n) is 10.4. The first-order valence-corrected chi connectivity index (χ1v) is 10.4. The zero-order valence-electron chi connectivity index (χ0n) is 18.1. The maximum atomic E-state index is 5.67. The van der Waals surface area contributed by atoms with E-state index in [9.17, 15) is 0 Å². The lowest BCUT2D eigenvalue weighted by atomic mass is 9.76. The fraction of sp³-hybridized carbons (Fsp3) is 0.172. The Morgan fingerprint density at radius 2 is 1.10 bits per heavy atom. The topological polar surface area (TPSA) is 9.23 Å². The molecule has 150 valence electrons. The van der Waals surface area contributed by atoms with Crippen molar-refractivity contribution in [2.75, 3.05) is 7.11 Å². The molecular weight excluding hydrogens is 364 g/mol. The van der Waals surface area contributed by atoms with Crippen molar-refractivity contribution in [2.45, 2.75) is 26.2 Å². The van der Waals surface area contributed by atoms with Crippen LogP contribution in [0.15, 0.2) is 97.1 Å². The molecule has 0 unspecified atom stereocenters. The predicted molar refractivity (Wildman–Crippen MR) is 127 cm³/mol. The molecule has 0 fully saturated rings. The predicted octanol–water partition coefficient (Wildman–Crippen LogP) is 7.66. The number of aryl methyl sites for hydroxylation is 1. The van der Waals surface area contributed by atoms with Gasteiger partial charge in [0.25, 0.3) is 0 Å². The van der Waals surface area contributed by atoms with Gasteiger partial charge in [0.1, 0.15) is 5.75 Å². The number of rotatable bonds is 5. The van der Waals surface area contributed by atoms with Crippen LogP contribution in [-0.2, 0) is 5.41 Å². The van der Waals surface area contributed by atoms with E-state index in [0.717, 1.165) is 11.3 Å².